The van der Waals surface area contributed by atoms with Gasteiger partial charge in [0.25, 0.3) is 0 Å². The summed E-state index contributed by atoms with van der Waals surface area (Å²) in [6.07, 6.45) is 15.8. The van der Waals surface area contributed by atoms with E-state index in [0.717, 1.165) is 24.3 Å². The summed E-state index contributed by atoms with van der Waals surface area (Å²) in [5.41, 5.74) is 0.272. The number of ketones is 1. The maximum atomic E-state index is 12.0. The molecule has 2 atom stereocenters. The van der Waals surface area contributed by atoms with Crippen LogP contribution < -0.4 is 4.74 Å². The van der Waals surface area contributed by atoms with Gasteiger partial charge in [-0.2, -0.15) is 5.10 Å². The van der Waals surface area contributed by atoms with Gasteiger partial charge in [0.15, 0.2) is 5.75 Å². The Morgan fingerprint density at radius 1 is 1.10 bits per heavy atom. The summed E-state index contributed by atoms with van der Waals surface area (Å²) < 4.78 is 12.9. The molecule has 4 rings (SSSR count). The van der Waals surface area contributed by atoms with Crippen molar-refractivity contribution < 1.29 is 23.8 Å². The number of nitrogens with zero attached hydrogens (tertiary/aromatic N) is 6. The highest BCUT2D eigenvalue weighted by molar-refractivity contribution is 5.83. The number of carbonyl (C=O) groups excluding carboxylic acids is 1. The van der Waals surface area contributed by atoms with E-state index in [4.69, 9.17) is 9.15 Å². The van der Waals surface area contributed by atoms with Crippen molar-refractivity contribution in [2.24, 2.45) is 5.92 Å². The van der Waals surface area contributed by atoms with E-state index in [2.05, 4.69) is 20.1 Å². The van der Waals surface area contributed by atoms with E-state index in [1.165, 1.54) is 36.4 Å². The van der Waals surface area contributed by atoms with Gasteiger partial charge in [-0.3, -0.25) is 19.4 Å². The first-order chi connectivity index (χ1) is 18.7. The lowest BCUT2D eigenvalue weighted by atomic mass is 9.93. The molecule has 2 aromatic rings. The highest BCUT2D eigenvalue weighted by Gasteiger charge is 2.43. The molecule has 2 aliphatic rings. The second-order valence-corrected chi connectivity index (χ2v) is 10.5. The van der Waals surface area contributed by atoms with E-state index in [-0.39, 0.29) is 24.2 Å². The van der Waals surface area contributed by atoms with E-state index < -0.39 is 11.6 Å². The van der Waals surface area contributed by atoms with Gasteiger partial charge in [-0.05, 0) is 59.1 Å². The van der Waals surface area contributed by atoms with Gasteiger partial charge >= 0.3 is 6.09 Å². The molecule has 0 saturated heterocycles. The molecule has 0 aromatic carbocycles. The van der Waals surface area contributed by atoms with E-state index >= 15 is 0 Å². The number of hydrogen-bond acceptors (Lipinski definition) is 8. The average molecular weight is 539 g/mol. The number of Topliss-reactive ketones (excluding diaryl/α,β-unsaturated/α-hetero) is 1. The first-order valence-corrected chi connectivity index (χ1v) is 13.1. The van der Waals surface area contributed by atoms with Gasteiger partial charge in [0.05, 0.1) is 31.3 Å². The molecule has 2 aliphatic carbocycles. The Morgan fingerprint density at radius 2 is 1.82 bits per heavy atom. The van der Waals surface area contributed by atoms with Gasteiger partial charge in [-0.15, -0.1) is 0 Å². The first kappa shape index (κ1) is 29.5. The zero-order valence-electron chi connectivity index (χ0n) is 23.0. The maximum absolute atomic E-state index is 12.0. The van der Waals surface area contributed by atoms with Crippen molar-refractivity contribution >= 4 is 11.9 Å². The predicted molar refractivity (Wildman–Crippen MR) is 144 cm³/mol. The summed E-state index contributed by atoms with van der Waals surface area (Å²) in [5.74, 6) is 0.692. The van der Waals surface area contributed by atoms with Crippen LogP contribution in [0.1, 0.15) is 64.6 Å². The number of aryl methyl sites for hydroxylation is 1. The van der Waals surface area contributed by atoms with Gasteiger partial charge in [0.2, 0.25) is 0 Å². The quantitative estimate of drug-likeness (QED) is 0.549. The number of ether oxygens (including phenoxy) is 1. The molecule has 210 valence electrons. The second kappa shape index (κ2) is 14.2. The summed E-state index contributed by atoms with van der Waals surface area (Å²) in [6, 6.07) is 3.50. The molecule has 2 heterocycles. The van der Waals surface area contributed by atoms with E-state index in [1.807, 2.05) is 38.6 Å². The largest absolute Gasteiger partial charge is 0.490 e. The minimum absolute atomic E-state index is 0.0981. The minimum atomic E-state index is -0.990. The van der Waals surface area contributed by atoms with Gasteiger partial charge in [0, 0.05) is 48.9 Å². The second-order valence-electron chi connectivity index (χ2n) is 10.5. The molecule has 2 unspecified atom stereocenters. The SMILES string of the molecule is Cc1nn(C2CCC2)cc1OCC1CC(=O)CC1N(C(=O)O)C(C)(C)C.c1cncccoccncnc1. The van der Waals surface area contributed by atoms with Crippen LogP contribution >= 0.6 is 0 Å². The molecule has 0 bridgehead atoms. The summed E-state index contributed by atoms with van der Waals surface area (Å²) in [4.78, 5) is 36.8. The van der Waals surface area contributed by atoms with Crippen molar-refractivity contribution in [1.82, 2.24) is 29.6 Å². The van der Waals surface area contributed by atoms with Gasteiger partial charge in [0.1, 0.15) is 24.1 Å². The number of rotatable bonds is 5. The van der Waals surface area contributed by atoms with Gasteiger partial charge in [-0.1, -0.05) is 0 Å². The fourth-order valence-corrected chi connectivity index (χ4v) is 4.50. The number of carboxylic acid groups (broad SMARTS) is 1. The molecule has 0 radical (unpaired) electrons. The molecule has 1 N–H and O–H groups in total. The predicted octanol–water partition coefficient (Wildman–Crippen LogP) is 5.13. The van der Waals surface area contributed by atoms with Crippen molar-refractivity contribution in [1.29, 1.82) is 0 Å². The van der Waals surface area contributed by atoms with E-state index in [9.17, 15) is 14.7 Å². The fourth-order valence-electron chi connectivity index (χ4n) is 4.50. The number of carbonyl (C=O) groups is 2. The highest BCUT2D eigenvalue weighted by atomic mass is 16.5. The molecule has 0 aliphatic heterocycles. The Bertz CT molecular complexity index is 1070. The Balaban J connectivity index is 0.000000272. The van der Waals surface area contributed by atoms with Crippen LogP contribution in [0.5, 0.6) is 5.75 Å². The standard InChI is InChI=1S/C19H29N3O4.C9H9N3O/c1-12-17(10-21(20-12)14-6-5-7-14)26-11-13-8-15(23)9-16(13)22(18(24)25)19(2,3)4;1-3-10-5-2-7-13-8-6-12-9-11-4-1/h10,13-14,16H,5-9,11H2,1-4H3,(H,24,25);1-9H. The van der Waals surface area contributed by atoms with Crippen LogP contribution in [0.25, 0.3) is 0 Å². The topological polar surface area (TPSA) is 136 Å². The number of amides is 1. The van der Waals surface area contributed by atoms with Crippen LogP contribution in [0.4, 0.5) is 4.79 Å². The molecule has 11 nitrogen and oxygen atoms in total. The Kier molecular flexibility index (Phi) is 10.8. The Hall–Kier alpha value is -4.02. The molecule has 2 aromatic heterocycles. The van der Waals surface area contributed by atoms with E-state index in [1.54, 1.807) is 30.7 Å². The molecule has 1 amide bonds. The van der Waals surface area contributed by atoms with Gasteiger partial charge in [-0.25, -0.2) is 14.8 Å². The van der Waals surface area contributed by atoms with Crippen LogP contribution in [-0.4, -0.2) is 64.8 Å². The maximum Gasteiger partial charge on any atom is 0.408 e. The minimum Gasteiger partial charge on any atom is -0.490 e. The molecular formula is C28H38N6O5. The van der Waals surface area contributed by atoms with Crippen LogP contribution in [0.15, 0.2) is 66.4 Å². The lowest BCUT2D eigenvalue weighted by molar-refractivity contribution is -0.117. The van der Waals surface area contributed by atoms with Crippen molar-refractivity contribution in [2.45, 2.75) is 77.4 Å². The summed E-state index contributed by atoms with van der Waals surface area (Å²) in [6.45, 7) is 7.81. The van der Waals surface area contributed by atoms with Crippen LogP contribution in [0, 0.1) is 12.8 Å². The third-order valence-electron chi connectivity index (χ3n) is 6.54. The first-order valence-electron chi connectivity index (χ1n) is 13.1. The van der Waals surface area contributed by atoms with Crippen LogP contribution in [0.2, 0.25) is 0 Å². The third kappa shape index (κ3) is 9.05. The smallest absolute Gasteiger partial charge is 0.408 e. The molecular weight excluding hydrogens is 500 g/mol. The molecule has 0 spiro atoms. The molecule has 2 fully saturated rings. The van der Waals surface area contributed by atoms with Crippen LogP contribution in [-0.2, 0) is 4.79 Å². The summed E-state index contributed by atoms with van der Waals surface area (Å²) in [5, 5.41) is 14.2. The normalized spacial score (nSPS) is 18.5. The Labute approximate surface area is 228 Å². The van der Waals surface area contributed by atoms with Gasteiger partial charge < -0.3 is 14.3 Å². The van der Waals surface area contributed by atoms with Crippen molar-refractivity contribution in [3.63, 3.8) is 0 Å². The zero-order chi connectivity index (χ0) is 28.3. The van der Waals surface area contributed by atoms with Crippen molar-refractivity contribution in [3.8, 4) is 5.75 Å². The van der Waals surface area contributed by atoms with Crippen molar-refractivity contribution in [3.05, 3.63) is 67.7 Å². The Morgan fingerprint density at radius 3 is 2.51 bits per heavy atom. The fraction of sp³-hybridized carbons (Fsp3) is 0.500. The number of hydrogen-bond donors (Lipinski definition) is 1. The molecule has 39 heavy (non-hydrogen) atoms. The summed E-state index contributed by atoms with van der Waals surface area (Å²) in [7, 11) is 0. The lowest BCUT2D eigenvalue weighted by Gasteiger charge is -2.40. The highest BCUT2D eigenvalue weighted by Crippen LogP contribution is 2.35. The monoisotopic (exact) mass is 538 g/mol. The average Bonchev–Trinajstić information content (AvgIpc) is 3.36. The molecule has 11 heteroatoms. The van der Waals surface area contributed by atoms with Crippen molar-refractivity contribution in [2.75, 3.05) is 6.61 Å². The zero-order valence-corrected chi connectivity index (χ0v) is 23.0. The number of aromatic nitrogens is 5. The van der Waals surface area contributed by atoms with Crippen LogP contribution in [0.3, 0.4) is 0 Å². The molecule has 2 saturated carbocycles. The summed E-state index contributed by atoms with van der Waals surface area (Å²) >= 11 is 0. The lowest BCUT2D eigenvalue weighted by Crippen LogP contribution is -2.53. The van der Waals surface area contributed by atoms with E-state index in [0.29, 0.717) is 19.1 Å². The third-order valence-corrected chi connectivity index (χ3v) is 6.54.